The van der Waals surface area contributed by atoms with Gasteiger partial charge in [-0.05, 0) is 67.6 Å². The summed E-state index contributed by atoms with van der Waals surface area (Å²) in [6.07, 6.45) is 1.17. The number of rotatable bonds is 6. The molecule has 2 heterocycles. The summed E-state index contributed by atoms with van der Waals surface area (Å²) in [4.78, 5) is 14.0. The molecule has 164 valence electrons. The van der Waals surface area contributed by atoms with Crippen molar-refractivity contribution in [2.75, 3.05) is 26.7 Å². The smallest absolute Gasteiger partial charge is 0.337 e. The molecule has 0 unspecified atom stereocenters. The number of hydrogen-bond donors (Lipinski definition) is 0. The Balaban J connectivity index is 1.60. The Hall–Kier alpha value is -2.73. The van der Waals surface area contributed by atoms with Gasteiger partial charge in [0.15, 0.2) is 0 Å². The van der Waals surface area contributed by atoms with Crippen molar-refractivity contribution in [2.45, 2.75) is 38.9 Å². The Labute approximate surface area is 181 Å². The summed E-state index contributed by atoms with van der Waals surface area (Å²) in [5, 5.41) is 0.914. The zero-order chi connectivity index (χ0) is 22.0. The van der Waals surface area contributed by atoms with Crippen molar-refractivity contribution in [1.29, 1.82) is 0 Å². The van der Waals surface area contributed by atoms with E-state index in [4.69, 9.17) is 4.74 Å². The molecular weight excluding hydrogens is 398 g/mol. The molecule has 0 bridgehead atoms. The SMILES string of the molecule is COC(=O)c1ccc(Cc2c(C)n(CCN3CCC(F)CC3)c3ccc(F)cc23)cc1. The van der Waals surface area contributed by atoms with Crippen molar-refractivity contribution in [1.82, 2.24) is 9.47 Å². The number of benzene rings is 2. The van der Waals surface area contributed by atoms with Gasteiger partial charge in [-0.2, -0.15) is 0 Å². The maximum atomic E-state index is 14.1. The summed E-state index contributed by atoms with van der Waals surface area (Å²) in [6, 6.07) is 12.3. The van der Waals surface area contributed by atoms with E-state index in [1.54, 1.807) is 18.2 Å². The highest BCUT2D eigenvalue weighted by atomic mass is 19.1. The summed E-state index contributed by atoms with van der Waals surface area (Å²) in [7, 11) is 1.36. The Morgan fingerprint density at radius 3 is 2.48 bits per heavy atom. The minimum atomic E-state index is -0.675. The van der Waals surface area contributed by atoms with Crippen LogP contribution in [0, 0.1) is 12.7 Å². The number of carbonyl (C=O) groups excluding carboxylic acids is 1. The molecule has 0 atom stereocenters. The fraction of sp³-hybridized carbons (Fsp3) is 0.400. The first-order valence-corrected chi connectivity index (χ1v) is 10.8. The molecular formula is C25H28F2N2O2. The Kier molecular flexibility index (Phi) is 6.37. The van der Waals surface area contributed by atoms with Gasteiger partial charge in [0.25, 0.3) is 0 Å². The largest absolute Gasteiger partial charge is 0.465 e. The highest BCUT2D eigenvalue weighted by Crippen LogP contribution is 2.29. The van der Waals surface area contributed by atoms with Crippen LogP contribution < -0.4 is 0 Å². The lowest BCUT2D eigenvalue weighted by atomic mass is 10.0. The molecule has 1 aliphatic rings. The molecule has 0 saturated carbocycles. The first-order valence-electron chi connectivity index (χ1n) is 10.8. The van der Waals surface area contributed by atoms with E-state index >= 15 is 0 Å². The van der Waals surface area contributed by atoms with Gasteiger partial charge in [-0.25, -0.2) is 13.6 Å². The van der Waals surface area contributed by atoms with E-state index in [2.05, 4.69) is 16.4 Å². The Bertz CT molecular complexity index is 1070. The number of carbonyl (C=O) groups is 1. The molecule has 0 spiro atoms. The minimum absolute atomic E-state index is 0.253. The third-order valence-electron chi connectivity index (χ3n) is 6.33. The molecule has 3 aromatic rings. The molecule has 1 saturated heterocycles. The number of ether oxygens (including phenoxy) is 1. The average molecular weight is 427 g/mol. The van der Waals surface area contributed by atoms with Gasteiger partial charge < -0.3 is 14.2 Å². The maximum Gasteiger partial charge on any atom is 0.337 e. The van der Waals surface area contributed by atoms with Crippen molar-refractivity contribution >= 4 is 16.9 Å². The quantitative estimate of drug-likeness (QED) is 0.526. The fourth-order valence-electron chi connectivity index (χ4n) is 4.48. The van der Waals surface area contributed by atoms with Gasteiger partial charge in [-0.1, -0.05) is 12.1 Å². The van der Waals surface area contributed by atoms with Crippen LogP contribution in [-0.4, -0.2) is 48.4 Å². The molecule has 0 radical (unpaired) electrons. The highest BCUT2D eigenvalue weighted by Gasteiger charge is 2.20. The van der Waals surface area contributed by atoms with E-state index in [1.165, 1.54) is 13.2 Å². The van der Waals surface area contributed by atoms with E-state index < -0.39 is 6.17 Å². The zero-order valence-electron chi connectivity index (χ0n) is 18.0. The topological polar surface area (TPSA) is 34.5 Å². The van der Waals surface area contributed by atoms with E-state index in [0.29, 0.717) is 24.8 Å². The molecule has 0 amide bonds. The van der Waals surface area contributed by atoms with Crippen LogP contribution in [0.4, 0.5) is 8.78 Å². The van der Waals surface area contributed by atoms with Crippen LogP contribution in [0.5, 0.6) is 0 Å². The second-order valence-electron chi connectivity index (χ2n) is 8.26. The molecule has 1 aliphatic heterocycles. The zero-order valence-corrected chi connectivity index (χ0v) is 18.0. The van der Waals surface area contributed by atoms with Crippen LogP contribution >= 0.6 is 0 Å². The second kappa shape index (κ2) is 9.18. The van der Waals surface area contributed by atoms with Crippen LogP contribution in [0.25, 0.3) is 10.9 Å². The first kappa shape index (κ1) is 21.5. The molecule has 0 aliphatic carbocycles. The van der Waals surface area contributed by atoms with E-state index in [9.17, 15) is 13.6 Å². The molecule has 6 heteroatoms. The Morgan fingerprint density at radius 2 is 1.81 bits per heavy atom. The minimum Gasteiger partial charge on any atom is -0.465 e. The lowest BCUT2D eigenvalue weighted by Crippen LogP contribution is -2.36. The molecule has 2 aromatic carbocycles. The molecule has 31 heavy (non-hydrogen) atoms. The lowest BCUT2D eigenvalue weighted by molar-refractivity contribution is 0.0600. The van der Waals surface area contributed by atoms with Gasteiger partial charge >= 0.3 is 5.97 Å². The van der Waals surface area contributed by atoms with Crippen molar-refractivity contribution < 1.29 is 18.3 Å². The average Bonchev–Trinajstić information content (AvgIpc) is 3.03. The highest BCUT2D eigenvalue weighted by molar-refractivity contribution is 5.89. The van der Waals surface area contributed by atoms with Crippen LogP contribution in [0.3, 0.4) is 0 Å². The monoisotopic (exact) mass is 426 g/mol. The van der Waals surface area contributed by atoms with Gasteiger partial charge in [0, 0.05) is 42.8 Å². The molecule has 4 rings (SSSR count). The molecule has 1 fully saturated rings. The third-order valence-corrected chi connectivity index (χ3v) is 6.33. The number of nitrogens with zero attached hydrogens (tertiary/aromatic N) is 2. The lowest BCUT2D eigenvalue weighted by Gasteiger charge is -2.28. The van der Waals surface area contributed by atoms with Crippen LogP contribution in [0.1, 0.15) is 40.0 Å². The fourth-order valence-corrected chi connectivity index (χ4v) is 4.48. The number of aromatic nitrogens is 1. The van der Waals surface area contributed by atoms with E-state index in [1.807, 2.05) is 18.2 Å². The molecule has 4 nitrogen and oxygen atoms in total. The maximum absolute atomic E-state index is 14.1. The number of methoxy groups -OCH3 is 1. The number of esters is 1. The standard InChI is InChI=1S/C25H28F2N2O2/c1-17-22(15-18-3-5-19(6-4-18)25(30)31-2)23-16-21(27)7-8-24(23)29(17)14-13-28-11-9-20(26)10-12-28/h3-8,16,20H,9-15H2,1-2H3. The van der Waals surface area contributed by atoms with Crippen molar-refractivity contribution in [3.8, 4) is 0 Å². The Morgan fingerprint density at radius 1 is 1.10 bits per heavy atom. The molecule has 1 aromatic heterocycles. The van der Waals surface area contributed by atoms with Crippen LogP contribution in [-0.2, 0) is 17.7 Å². The number of piperidine rings is 1. The van der Waals surface area contributed by atoms with Gasteiger partial charge in [0.1, 0.15) is 12.0 Å². The van der Waals surface area contributed by atoms with E-state index in [0.717, 1.165) is 53.9 Å². The summed E-state index contributed by atoms with van der Waals surface area (Å²) < 4.78 is 34.5. The number of alkyl halides is 1. The van der Waals surface area contributed by atoms with Crippen LogP contribution in [0.2, 0.25) is 0 Å². The van der Waals surface area contributed by atoms with Gasteiger partial charge in [0.2, 0.25) is 0 Å². The number of hydrogen-bond acceptors (Lipinski definition) is 3. The van der Waals surface area contributed by atoms with Gasteiger partial charge in [-0.15, -0.1) is 0 Å². The summed E-state index contributed by atoms with van der Waals surface area (Å²) in [5.74, 6) is -0.616. The van der Waals surface area contributed by atoms with Crippen molar-refractivity contribution in [2.24, 2.45) is 0 Å². The first-order chi connectivity index (χ1) is 15.0. The van der Waals surface area contributed by atoms with Crippen molar-refractivity contribution in [3.63, 3.8) is 0 Å². The second-order valence-corrected chi connectivity index (χ2v) is 8.26. The number of halogens is 2. The number of likely N-dealkylation sites (tertiary alicyclic amines) is 1. The summed E-state index contributed by atoms with van der Waals surface area (Å²) in [5.41, 5.74) is 4.76. The van der Waals surface area contributed by atoms with Crippen molar-refractivity contribution in [3.05, 3.63) is 70.7 Å². The van der Waals surface area contributed by atoms with Gasteiger partial charge in [-0.3, -0.25) is 0 Å². The normalized spacial score (nSPS) is 15.5. The third kappa shape index (κ3) is 4.64. The van der Waals surface area contributed by atoms with Gasteiger partial charge in [0.05, 0.1) is 12.7 Å². The number of fused-ring (bicyclic) bond motifs is 1. The van der Waals surface area contributed by atoms with Crippen LogP contribution in [0.15, 0.2) is 42.5 Å². The predicted octanol–water partition coefficient (Wildman–Crippen LogP) is 4.90. The van der Waals surface area contributed by atoms with E-state index in [-0.39, 0.29) is 11.8 Å². The summed E-state index contributed by atoms with van der Waals surface area (Å²) in [6.45, 7) is 5.28. The summed E-state index contributed by atoms with van der Waals surface area (Å²) >= 11 is 0. The predicted molar refractivity (Wildman–Crippen MR) is 118 cm³/mol. The molecule has 0 N–H and O–H groups in total.